The standard InChI is InChI=1S/C13H25NO3/c1-10(2)8-17-12(16)14-13(9-15)6-4-5-11(3)7-13/h10-11,15H,4-9H2,1-3H3,(H,14,16). The largest absolute Gasteiger partial charge is 0.449 e. The second kappa shape index (κ2) is 6.24. The van der Waals surface area contributed by atoms with Crippen LogP contribution in [0.4, 0.5) is 4.79 Å². The minimum absolute atomic E-state index is 0.00583. The molecule has 1 amide bonds. The van der Waals surface area contributed by atoms with Crippen LogP contribution in [-0.4, -0.2) is 30.0 Å². The van der Waals surface area contributed by atoms with Crippen molar-refractivity contribution in [2.75, 3.05) is 13.2 Å². The van der Waals surface area contributed by atoms with Crippen LogP contribution in [-0.2, 0) is 4.74 Å². The molecule has 1 rings (SSSR count). The zero-order valence-electron chi connectivity index (χ0n) is 11.2. The van der Waals surface area contributed by atoms with E-state index in [4.69, 9.17) is 4.74 Å². The van der Waals surface area contributed by atoms with Crippen molar-refractivity contribution in [2.45, 2.75) is 52.0 Å². The first-order valence-corrected chi connectivity index (χ1v) is 6.53. The fourth-order valence-electron chi connectivity index (χ4n) is 2.45. The molecular formula is C13H25NO3. The van der Waals surface area contributed by atoms with Crippen LogP contribution in [0.15, 0.2) is 0 Å². The Kier molecular flexibility index (Phi) is 5.25. The Bertz CT molecular complexity index is 255. The van der Waals surface area contributed by atoms with Gasteiger partial charge in [0.05, 0.1) is 18.8 Å². The highest BCUT2D eigenvalue weighted by atomic mass is 16.5. The molecule has 2 unspecified atom stereocenters. The molecule has 1 saturated carbocycles. The predicted octanol–water partition coefficient (Wildman–Crippen LogP) is 2.31. The number of rotatable bonds is 4. The Morgan fingerprint density at radius 1 is 1.59 bits per heavy atom. The van der Waals surface area contributed by atoms with Crippen LogP contribution in [0.25, 0.3) is 0 Å². The minimum atomic E-state index is -0.467. The summed E-state index contributed by atoms with van der Waals surface area (Å²) in [6, 6.07) is 0. The number of ether oxygens (including phenoxy) is 1. The number of carbonyl (C=O) groups excluding carboxylic acids is 1. The summed E-state index contributed by atoms with van der Waals surface area (Å²) in [5.74, 6) is 0.873. The molecule has 2 N–H and O–H groups in total. The van der Waals surface area contributed by atoms with E-state index in [2.05, 4.69) is 12.2 Å². The highest BCUT2D eigenvalue weighted by Gasteiger charge is 2.36. The summed E-state index contributed by atoms with van der Waals surface area (Å²) in [5, 5.41) is 12.4. The van der Waals surface area contributed by atoms with E-state index in [1.165, 1.54) is 6.42 Å². The van der Waals surface area contributed by atoms with Crippen LogP contribution in [0.5, 0.6) is 0 Å². The molecular weight excluding hydrogens is 218 g/mol. The number of aliphatic hydroxyl groups excluding tert-OH is 1. The van der Waals surface area contributed by atoms with Crippen molar-refractivity contribution in [2.24, 2.45) is 11.8 Å². The molecule has 17 heavy (non-hydrogen) atoms. The third kappa shape index (κ3) is 4.54. The Labute approximate surface area is 104 Å². The summed E-state index contributed by atoms with van der Waals surface area (Å²) in [6.07, 6.45) is 3.49. The van der Waals surface area contributed by atoms with Crippen molar-refractivity contribution in [1.82, 2.24) is 5.32 Å². The lowest BCUT2D eigenvalue weighted by Crippen LogP contribution is -2.54. The Balaban J connectivity index is 2.47. The molecule has 0 aromatic carbocycles. The molecule has 0 aromatic heterocycles. The Hall–Kier alpha value is -0.770. The molecule has 0 spiro atoms. The van der Waals surface area contributed by atoms with Gasteiger partial charge in [0.2, 0.25) is 0 Å². The van der Waals surface area contributed by atoms with Crippen LogP contribution in [0.3, 0.4) is 0 Å². The van der Waals surface area contributed by atoms with E-state index in [0.717, 1.165) is 19.3 Å². The van der Waals surface area contributed by atoms with Gasteiger partial charge in [0.1, 0.15) is 0 Å². The van der Waals surface area contributed by atoms with Gasteiger partial charge in [-0.15, -0.1) is 0 Å². The van der Waals surface area contributed by atoms with Crippen molar-refractivity contribution in [3.8, 4) is 0 Å². The van der Waals surface area contributed by atoms with Crippen molar-refractivity contribution in [3.05, 3.63) is 0 Å². The second-order valence-corrected chi connectivity index (χ2v) is 5.76. The number of alkyl carbamates (subject to hydrolysis) is 1. The van der Waals surface area contributed by atoms with Gasteiger partial charge in [0.25, 0.3) is 0 Å². The molecule has 1 fully saturated rings. The highest BCUT2D eigenvalue weighted by molar-refractivity contribution is 5.68. The van der Waals surface area contributed by atoms with E-state index >= 15 is 0 Å². The van der Waals surface area contributed by atoms with Gasteiger partial charge in [-0.3, -0.25) is 0 Å². The molecule has 4 heteroatoms. The third-order valence-electron chi connectivity index (χ3n) is 3.31. The van der Waals surface area contributed by atoms with E-state index in [0.29, 0.717) is 18.4 Å². The Morgan fingerprint density at radius 3 is 2.82 bits per heavy atom. The lowest BCUT2D eigenvalue weighted by molar-refractivity contribution is 0.0756. The summed E-state index contributed by atoms with van der Waals surface area (Å²) in [6.45, 7) is 6.57. The average Bonchev–Trinajstić information content (AvgIpc) is 2.26. The fourth-order valence-corrected chi connectivity index (χ4v) is 2.45. The van der Waals surface area contributed by atoms with Crippen LogP contribution in [0.2, 0.25) is 0 Å². The molecule has 1 aliphatic rings. The van der Waals surface area contributed by atoms with Crippen molar-refractivity contribution >= 4 is 6.09 Å². The van der Waals surface area contributed by atoms with Crippen molar-refractivity contribution < 1.29 is 14.6 Å². The van der Waals surface area contributed by atoms with Gasteiger partial charge >= 0.3 is 6.09 Å². The summed E-state index contributed by atoms with van der Waals surface area (Å²) >= 11 is 0. The van der Waals surface area contributed by atoms with Crippen molar-refractivity contribution in [3.63, 3.8) is 0 Å². The number of nitrogens with one attached hydrogen (secondary N) is 1. The van der Waals surface area contributed by atoms with E-state index in [1.54, 1.807) is 0 Å². The molecule has 0 aromatic rings. The lowest BCUT2D eigenvalue weighted by Gasteiger charge is -2.38. The van der Waals surface area contributed by atoms with Gasteiger partial charge in [-0.05, 0) is 24.7 Å². The summed E-state index contributed by atoms with van der Waals surface area (Å²) < 4.78 is 5.11. The zero-order valence-corrected chi connectivity index (χ0v) is 11.2. The third-order valence-corrected chi connectivity index (χ3v) is 3.31. The maximum atomic E-state index is 11.6. The summed E-state index contributed by atoms with van der Waals surface area (Å²) in [7, 11) is 0. The molecule has 0 radical (unpaired) electrons. The predicted molar refractivity (Wildman–Crippen MR) is 66.8 cm³/mol. The second-order valence-electron chi connectivity index (χ2n) is 5.76. The minimum Gasteiger partial charge on any atom is -0.449 e. The lowest BCUT2D eigenvalue weighted by atomic mass is 9.77. The van der Waals surface area contributed by atoms with Gasteiger partial charge in [-0.1, -0.05) is 33.6 Å². The number of aliphatic hydroxyl groups is 1. The Morgan fingerprint density at radius 2 is 2.29 bits per heavy atom. The first kappa shape index (κ1) is 14.3. The summed E-state index contributed by atoms with van der Waals surface area (Å²) in [5.41, 5.74) is -0.467. The van der Waals surface area contributed by atoms with Crippen LogP contribution >= 0.6 is 0 Å². The normalized spacial score (nSPS) is 29.1. The van der Waals surface area contributed by atoms with Gasteiger partial charge in [-0.25, -0.2) is 4.79 Å². The van der Waals surface area contributed by atoms with Crippen LogP contribution < -0.4 is 5.32 Å². The molecule has 4 nitrogen and oxygen atoms in total. The van der Waals surface area contributed by atoms with E-state index in [1.807, 2.05) is 13.8 Å². The zero-order chi connectivity index (χ0) is 12.9. The van der Waals surface area contributed by atoms with Gasteiger partial charge in [0, 0.05) is 0 Å². The SMILES string of the molecule is CC(C)COC(=O)NC1(CO)CCCC(C)C1. The molecule has 1 aliphatic carbocycles. The van der Waals surface area contributed by atoms with Gasteiger partial charge < -0.3 is 15.2 Å². The molecule has 0 saturated heterocycles. The number of hydrogen-bond acceptors (Lipinski definition) is 3. The monoisotopic (exact) mass is 243 g/mol. The topological polar surface area (TPSA) is 58.6 Å². The fraction of sp³-hybridized carbons (Fsp3) is 0.923. The smallest absolute Gasteiger partial charge is 0.407 e. The molecule has 100 valence electrons. The maximum absolute atomic E-state index is 11.6. The van der Waals surface area contributed by atoms with Crippen LogP contribution in [0, 0.1) is 11.8 Å². The molecule has 2 atom stereocenters. The maximum Gasteiger partial charge on any atom is 0.407 e. The van der Waals surface area contributed by atoms with Crippen LogP contribution in [0.1, 0.15) is 46.5 Å². The van der Waals surface area contributed by atoms with Crippen molar-refractivity contribution in [1.29, 1.82) is 0 Å². The highest BCUT2D eigenvalue weighted by Crippen LogP contribution is 2.31. The number of hydrogen-bond donors (Lipinski definition) is 2. The molecule has 0 aliphatic heterocycles. The first-order valence-electron chi connectivity index (χ1n) is 6.53. The van der Waals surface area contributed by atoms with Gasteiger partial charge in [-0.2, -0.15) is 0 Å². The molecule has 0 bridgehead atoms. The average molecular weight is 243 g/mol. The van der Waals surface area contributed by atoms with Gasteiger partial charge in [0.15, 0.2) is 0 Å². The van der Waals surface area contributed by atoms with E-state index < -0.39 is 11.6 Å². The molecule has 0 heterocycles. The summed E-state index contributed by atoms with van der Waals surface area (Å²) in [4.78, 5) is 11.6. The van der Waals surface area contributed by atoms with E-state index in [-0.39, 0.29) is 6.61 Å². The quantitative estimate of drug-likeness (QED) is 0.796. The first-order chi connectivity index (χ1) is 7.97. The number of amides is 1. The van der Waals surface area contributed by atoms with E-state index in [9.17, 15) is 9.90 Å². The number of carbonyl (C=O) groups is 1.